The number of hydrogen-bond donors (Lipinski definition) is 1. The summed E-state index contributed by atoms with van der Waals surface area (Å²) in [6, 6.07) is 0. The molecule has 2 aromatic heterocycles. The second-order valence-electron chi connectivity index (χ2n) is 4.33. The van der Waals surface area contributed by atoms with Crippen LogP contribution >= 0.6 is 0 Å². The van der Waals surface area contributed by atoms with E-state index in [-0.39, 0.29) is 0 Å². The molecule has 2 rings (SSSR count). The predicted octanol–water partition coefficient (Wildman–Crippen LogP) is 1.80. The third-order valence-electron chi connectivity index (χ3n) is 2.85. The minimum absolute atomic E-state index is 0.629. The van der Waals surface area contributed by atoms with E-state index in [2.05, 4.69) is 24.8 Å². The molecule has 0 bridgehead atoms. The fourth-order valence-electron chi connectivity index (χ4n) is 1.86. The van der Waals surface area contributed by atoms with E-state index in [0.717, 1.165) is 30.9 Å². The van der Waals surface area contributed by atoms with E-state index in [1.54, 1.807) is 13.3 Å². The topological polar surface area (TPSA) is 64.9 Å². The number of anilines is 1. The van der Waals surface area contributed by atoms with Crippen LogP contribution in [-0.2, 0) is 6.54 Å². The van der Waals surface area contributed by atoms with Gasteiger partial charge in [0.15, 0.2) is 0 Å². The Kier molecular flexibility index (Phi) is 4.33. The molecule has 0 saturated heterocycles. The van der Waals surface area contributed by atoms with Crippen LogP contribution in [0.2, 0.25) is 0 Å². The van der Waals surface area contributed by atoms with Crippen molar-refractivity contribution in [1.82, 2.24) is 19.5 Å². The Balaban J connectivity index is 1.90. The standard InChI is InChI=1S/C13H19N5O/c1-10-12(16-11(2)17-13(10)19-3)15-5-4-7-18-8-6-14-9-18/h6,8-9H,4-5,7H2,1-3H3,(H,15,16,17). The summed E-state index contributed by atoms with van der Waals surface area (Å²) in [6.07, 6.45) is 6.57. The molecule has 2 aromatic rings. The van der Waals surface area contributed by atoms with Gasteiger partial charge in [-0.2, -0.15) is 4.98 Å². The first-order valence-corrected chi connectivity index (χ1v) is 6.29. The molecule has 0 aliphatic carbocycles. The van der Waals surface area contributed by atoms with Crippen LogP contribution in [-0.4, -0.2) is 33.2 Å². The van der Waals surface area contributed by atoms with E-state index in [0.29, 0.717) is 11.7 Å². The Morgan fingerprint density at radius 1 is 1.32 bits per heavy atom. The molecule has 0 aliphatic heterocycles. The van der Waals surface area contributed by atoms with E-state index in [9.17, 15) is 0 Å². The monoisotopic (exact) mass is 261 g/mol. The largest absolute Gasteiger partial charge is 0.481 e. The van der Waals surface area contributed by atoms with Crippen LogP contribution in [0.1, 0.15) is 17.8 Å². The molecule has 6 nitrogen and oxygen atoms in total. The van der Waals surface area contributed by atoms with Crippen LogP contribution < -0.4 is 10.1 Å². The first kappa shape index (κ1) is 13.3. The van der Waals surface area contributed by atoms with E-state index >= 15 is 0 Å². The normalized spacial score (nSPS) is 10.5. The smallest absolute Gasteiger partial charge is 0.221 e. The molecule has 0 saturated carbocycles. The molecule has 0 aromatic carbocycles. The minimum Gasteiger partial charge on any atom is -0.481 e. The van der Waals surface area contributed by atoms with Crippen molar-refractivity contribution in [2.75, 3.05) is 19.0 Å². The van der Waals surface area contributed by atoms with Gasteiger partial charge in [-0.15, -0.1) is 0 Å². The molecule has 0 atom stereocenters. The van der Waals surface area contributed by atoms with Crippen molar-refractivity contribution in [1.29, 1.82) is 0 Å². The summed E-state index contributed by atoms with van der Waals surface area (Å²) in [5.41, 5.74) is 0.940. The summed E-state index contributed by atoms with van der Waals surface area (Å²) in [5, 5.41) is 3.33. The minimum atomic E-state index is 0.629. The van der Waals surface area contributed by atoms with Gasteiger partial charge in [0.25, 0.3) is 0 Å². The van der Waals surface area contributed by atoms with Crippen molar-refractivity contribution >= 4 is 5.82 Å². The zero-order valence-corrected chi connectivity index (χ0v) is 11.6. The van der Waals surface area contributed by atoms with E-state index in [1.807, 2.05) is 26.4 Å². The molecule has 0 aliphatic rings. The Labute approximate surface area is 112 Å². The van der Waals surface area contributed by atoms with Crippen LogP contribution in [0.15, 0.2) is 18.7 Å². The number of rotatable bonds is 6. The van der Waals surface area contributed by atoms with Crippen molar-refractivity contribution in [2.45, 2.75) is 26.8 Å². The van der Waals surface area contributed by atoms with Gasteiger partial charge in [-0.25, -0.2) is 9.97 Å². The fraction of sp³-hybridized carbons (Fsp3) is 0.462. The Morgan fingerprint density at radius 2 is 2.16 bits per heavy atom. The molecular formula is C13H19N5O. The molecule has 0 fully saturated rings. The van der Waals surface area contributed by atoms with E-state index in [1.165, 1.54) is 0 Å². The predicted molar refractivity (Wildman–Crippen MR) is 73.4 cm³/mol. The number of ether oxygens (including phenoxy) is 1. The molecule has 0 radical (unpaired) electrons. The number of hydrogen-bond acceptors (Lipinski definition) is 5. The lowest BCUT2D eigenvalue weighted by molar-refractivity contribution is 0.392. The zero-order valence-electron chi connectivity index (χ0n) is 11.6. The van der Waals surface area contributed by atoms with Crippen molar-refractivity contribution in [3.8, 4) is 5.88 Å². The van der Waals surface area contributed by atoms with Crippen LogP contribution in [0, 0.1) is 13.8 Å². The van der Waals surface area contributed by atoms with Crippen molar-refractivity contribution < 1.29 is 4.74 Å². The number of methoxy groups -OCH3 is 1. The van der Waals surface area contributed by atoms with Gasteiger partial charge in [-0.05, 0) is 20.3 Å². The van der Waals surface area contributed by atoms with Gasteiger partial charge in [-0.1, -0.05) is 0 Å². The summed E-state index contributed by atoms with van der Waals surface area (Å²) in [4.78, 5) is 12.6. The Bertz CT molecular complexity index is 524. The van der Waals surface area contributed by atoms with Gasteiger partial charge in [0.05, 0.1) is 19.0 Å². The molecule has 102 valence electrons. The highest BCUT2D eigenvalue weighted by atomic mass is 16.5. The number of aryl methyl sites for hydroxylation is 2. The van der Waals surface area contributed by atoms with Gasteiger partial charge in [0.1, 0.15) is 11.6 Å². The average Bonchev–Trinajstić information content (AvgIpc) is 2.91. The van der Waals surface area contributed by atoms with Crippen LogP contribution in [0.25, 0.3) is 0 Å². The lowest BCUT2D eigenvalue weighted by Crippen LogP contribution is -2.10. The fourth-order valence-corrected chi connectivity index (χ4v) is 1.86. The maximum Gasteiger partial charge on any atom is 0.221 e. The highest BCUT2D eigenvalue weighted by molar-refractivity contribution is 5.48. The number of nitrogens with zero attached hydrogens (tertiary/aromatic N) is 4. The van der Waals surface area contributed by atoms with Gasteiger partial charge in [0, 0.05) is 25.5 Å². The van der Waals surface area contributed by atoms with Crippen LogP contribution in [0.3, 0.4) is 0 Å². The summed E-state index contributed by atoms with van der Waals surface area (Å²) in [6.45, 7) is 5.60. The lowest BCUT2D eigenvalue weighted by atomic mass is 10.3. The van der Waals surface area contributed by atoms with E-state index < -0.39 is 0 Å². The number of aromatic nitrogens is 4. The molecule has 0 amide bonds. The number of imidazole rings is 1. The lowest BCUT2D eigenvalue weighted by Gasteiger charge is -2.12. The zero-order chi connectivity index (χ0) is 13.7. The van der Waals surface area contributed by atoms with Gasteiger partial charge < -0.3 is 14.6 Å². The summed E-state index contributed by atoms with van der Waals surface area (Å²) >= 11 is 0. The van der Waals surface area contributed by atoms with Crippen molar-refractivity contribution in [2.24, 2.45) is 0 Å². The van der Waals surface area contributed by atoms with Crippen molar-refractivity contribution in [3.63, 3.8) is 0 Å². The summed E-state index contributed by atoms with van der Waals surface area (Å²) in [7, 11) is 1.62. The van der Waals surface area contributed by atoms with Gasteiger partial charge in [-0.3, -0.25) is 0 Å². The third-order valence-corrected chi connectivity index (χ3v) is 2.85. The maximum atomic E-state index is 5.23. The molecule has 19 heavy (non-hydrogen) atoms. The summed E-state index contributed by atoms with van der Waals surface area (Å²) < 4.78 is 7.28. The molecule has 6 heteroatoms. The third kappa shape index (κ3) is 3.43. The SMILES string of the molecule is COc1nc(C)nc(NCCCn2ccnc2)c1C. The second kappa shape index (κ2) is 6.17. The highest BCUT2D eigenvalue weighted by Crippen LogP contribution is 2.21. The Hall–Kier alpha value is -2.11. The average molecular weight is 261 g/mol. The van der Waals surface area contributed by atoms with E-state index in [4.69, 9.17) is 4.74 Å². The first-order valence-electron chi connectivity index (χ1n) is 6.29. The van der Waals surface area contributed by atoms with Crippen molar-refractivity contribution in [3.05, 3.63) is 30.1 Å². The molecular weight excluding hydrogens is 242 g/mol. The molecule has 2 heterocycles. The van der Waals surface area contributed by atoms with Gasteiger partial charge >= 0.3 is 0 Å². The van der Waals surface area contributed by atoms with Crippen LogP contribution in [0.4, 0.5) is 5.82 Å². The number of nitrogens with one attached hydrogen (secondary N) is 1. The first-order chi connectivity index (χ1) is 9.20. The molecule has 1 N–H and O–H groups in total. The molecule has 0 unspecified atom stereocenters. The second-order valence-corrected chi connectivity index (χ2v) is 4.33. The quantitative estimate of drug-likeness (QED) is 0.803. The highest BCUT2D eigenvalue weighted by Gasteiger charge is 2.08. The Morgan fingerprint density at radius 3 is 2.84 bits per heavy atom. The maximum absolute atomic E-state index is 5.23. The van der Waals surface area contributed by atoms with Crippen LogP contribution in [0.5, 0.6) is 5.88 Å². The summed E-state index contributed by atoms with van der Waals surface area (Å²) in [5.74, 6) is 2.18. The molecule has 0 spiro atoms. The van der Waals surface area contributed by atoms with Gasteiger partial charge in [0.2, 0.25) is 5.88 Å².